The summed E-state index contributed by atoms with van der Waals surface area (Å²) in [5, 5.41) is 5.62. The fraction of sp³-hybridized carbons (Fsp3) is 0.383. The summed E-state index contributed by atoms with van der Waals surface area (Å²) in [5.74, 6) is 3.98. The minimum absolute atomic E-state index is 0.223. The Hall–Kier alpha value is -5.83. The van der Waals surface area contributed by atoms with Crippen molar-refractivity contribution in [1.82, 2.24) is 24.6 Å². The second kappa shape index (κ2) is 20.6. The highest BCUT2D eigenvalue weighted by Gasteiger charge is 2.21. The lowest BCUT2D eigenvalue weighted by molar-refractivity contribution is 0.0923. The fourth-order valence-electron chi connectivity index (χ4n) is 7.54. The maximum Gasteiger partial charge on any atom is 0.244 e. The third-order valence-corrected chi connectivity index (χ3v) is 11.9. The molecule has 14 heteroatoms. The highest BCUT2D eigenvalue weighted by molar-refractivity contribution is 7.21. The van der Waals surface area contributed by atoms with Gasteiger partial charge in [-0.25, -0.2) is 4.98 Å². The molecule has 0 saturated carbocycles. The van der Waals surface area contributed by atoms with Crippen molar-refractivity contribution in [2.75, 3.05) is 88.0 Å². The van der Waals surface area contributed by atoms with Gasteiger partial charge in [0.1, 0.15) is 5.01 Å². The maximum absolute atomic E-state index is 12.8. The van der Waals surface area contributed by atoms with E-state index in [1.54, 1.807) is 46.9 Å². The quantitative estimate of drug-likeness (QED) is 0.0683. The van der Waals surface area contributed by atoms with Gasteiger partial charge >= 0.3 is 0 Å². The third-order valence-electron chi connectivity index (χ3n) is 10.8. The van der Waals surface area contributed by atoms with Crippen molar-refractivity contribution in [2.45, 2.75) is 32.6 Å². The van der Waals surface area contributed by atoms with Crippen LogP contribution in [0.1, 0.15) is 37.4 Å². The number of ether oxygens (including phenoxy) is 7. The molecule has 322 valence electrons. The number of unbranched alkanes of at least 4 members (excludes halogenated alkanes) is 2. The predicted octanol–water partition coefficient (Wildman–Crippen LogP) is 8.83. The predicted molar refractivity (Wildman–Crippen MR) is 240 cm³/mol. The zero-order valence-corrected chi connectivity index (χ0v) is 36.7. The summed E-state index contributed by atoms with van der Waals surface area (Å²) in [5.41, 5.74) is 4.73. The number of benzene rings is 4. The third kappa shape index (κ3) is 10.4. The molecule has 4 aromatic carbocycles. The molecule has 0 radical (unpaired) electrons. The van der Waals surface area contributed by atoms with E-state index < -0.39 is 0 Å². The van der Waals surface area contributed by atoms with Gasteiger partial charge in [-0.1, -0.05) is 12.1 Å². The SMILES string of the molecule is COc1cc(-c2nc3ccccc3s2)ccc1OCCCCN1CCN(CCCCOc2cc(-c3cc(-c4cc(OC)c(OC)c(OC)c4)nn3C(C)=O)ccc2OC)CC1. The van der Waals surface area contributed by atoms with Crippen LogP contribution >= 0.6 is 11.3 Å². The topological polar surface area (TPSA) is 119 Å². The molecule has 0 aliphatic carbocycles. The number of piperazine rings is 1. The Labute approximate surface area is 361 Å². The molecule has 1 saturated heterocycles. The fourth-order valence-corrected chi connectivity index (χ4v) is 8.50. The van der Waals surface area contributed by atoms with Gasteiger partial charge in [-0.2, -0.15) is 9.78 Å². The number of aromatic nitrogens is 3. The van der Waals surface area contributed by atoms with Crippen LogP contribution < -0.4 is 33.2 Å². The van der Waals surface area contributed by atoms with E-state index in [1.807, 2.05) is 66.7 Å². The Morgan fingerprint density at radius 3 is 1.79 bits per heavy atom. The molecule has 3 heterocycles. The number of para-hydroxylation sites is 1. The maximum atomic E-state index is 12.8. The molecular formula is C47H55N5O8S. The summed E-state index contributed by atoms with van der Waals surface area (Å²) in [6.45, 7) is 9.04. The van der Waals surface area contributed by atoms with Gasteiger partial charge in [0.2, 0.25) is 11.7 Å². The number of thiazole rings is 1. The normalized spacial score (nSPS) is 13.3. The van der Waals surface area contributed by atoms with E-state index in [1.165, 1.54) is 16.3 Å². The summed E-state index contributed by atoms with van der Waals surface area (Å²) < 4.78 is 42.9. The molecule has 0 unspecified atom stereocenters. The van der Waals surface area contributed by atoms with Crippen LogP contribution in [-0.2, 0) is 0 Å². The van der Waals surface area contributed by atoms with E-state index in [-0.39, 0.29) is 5.91 Å². The van der Waals surface area contributed by atoms with Gasteiger partial charge in [-0.15, -0.1) is 11.3 Å². The Morgan fingerprint density at radius 1 is 0.607 bits per heavy atom. The lowest BCUT2D eigenvalue weighted by Gasteiger charge is -2.34. The molecule has 6 aromatic rings. The number of methoxy groups -OCH3 is 5. The van der Waals surface area contributed by atoms with Crippen molar-refractivity contribution in [1.29, 1.82) is 0 Å². The molecule has 0 N–H and O–H groups in total. The zero-order valence-electron chi connectivity index (χ0n) is 35.9. The summed E-state index contributed by atoms with van der Waals surface area (Å²) in [7, 11) is 7.99. The van der Waals surface area contributed by atoms with E-state index in [0.29, 0.717) is 58.9 Å². The van der Waals surface area contributed by atoms with E-state index in [0.717, 1.165) is 98.1 Å². The van der Waals surface area contributed by atoms with Crippen LogP contribution in [-0.4, -0.2) is 119 Å². The van der Waals surface area contributed by atoms with Gasteiger partial charge in [-0.3, -0.25) is 4.79 Å². The standard InChI is InChI=1S/C47H55N5O8S/c1-32(53)52-38(31-37(49-52)35-29-43(56-4)46(58-6)44(30-35)57-5)33-15-17-39(54-2)42(27-33)60-26-12-10-20-51-23-21-50(22-24-51)19-9-11-25-59-40-18-16-34(28-41(40)55-3)47-48-36-13-7-8-14-45(36)61-47/h7-8,13-18,27-31H,9-12,19-26H2,1-6H3. The summed E-state index contributed by atoms with van der Waals surface area (Å²) in [6, 6.07) is 25.4. The molecule has 13 nitrogen and oxygen atoms in total. The van der Waals surface area contributed by atoms with E-state index in [4.69, 9.17) is 38.1 Å². The number of fused-ring (bicyclic) bond motifs is 1. The number of hydrogen-bond acceptors (Lipinski definition) is 13. The first-order chi connectivity index (χ1) is 29.8. The van der Waals surface area contributed by atoms with Crippen LogP contribution in [0.5, 0.6) is 40.2 Å². The lowest BCUT2D eigenvalue weighted by atomic mass is 10.1. The summed E-state index contributed by atoms with van der Waals surface area (Å²) in [4.78, 5) is 22.7. The van der Waals surface area contributed by atoms with Gasteiger partial charge in [0, 0.05) is 49.8 Å². The second-order valence-electron chi connectivity index (χ2n) is 14.8. The average molecular weight is 850 g/mol. The van der Waals surface area contributed by atoms with Crippen LogP contribution in [0.2, 0.25) is 0 Å². The van der Waals surface area contributed by atoms with E-state index >= 15 is 0 Å². The number of rotatable bonds is 20. The Kier molecular flexibility index (Phi) is 14.6. The van der Waals surface area contributed by atoms with Crippen molar-refractivity contribution < 1.29 is 38.0 Å². The van der Waals surface area contributed by atoms with Gasteiger partial charge in [-0.05, 0) is 106 Å². The minimum atomic E-state index is -0.223. The van der Waals surface area contributed by atoms with Crippen molar-refractivity contribution in [2.24, 2.45) is 0 Å². The summed E-state index contributed by atoms with van der Waals surface area (Å²) in [6.07, 6.45) is 3.99. The Morgan fingerprint density at radius 2 is 1.18 bits per heavy atom. The first-order valence-electron chi connectivity index (χ1n) is 20.7. The molecule has 1 aliphatic rings. The largest absolute Gasteiger partial charge is 0.493 e. The molecule has 61 heavy (non-hydrogen) atoms. The Bertz CT molecular complexity index is 2350. The molecule has 2 aromatic heterocycles. The highest BCUT2D eigenvalue weighted by atomic mass is 32.1. The molecule has 7 rings (SSSR count). The molecular weight excluding hydrogens is 795 g/mol. The number of carbonyl (C=O) groups is 1. The van der Waals surface area contributed by atoms with Crippen LogP contribution in [0.4, 0.5) is 0 Å². The first-order valence-corrected chi connectivity index (χ1v) is 21.5. The second-order valence-corrected chi connectivity index (χ2v) is 15.8. The smallest absolute Gasteiger partial charge is 0.244 e. The zero-order chi connectivity index (χ0) is 42.7. The van der Waals surface area contributed by atoms with Crippen LogP contribution in [0.25, 0.3) is 43.3 Å². The van der Waals surface area contributed by atoms with Gasteiger partial charge in [0.15, 0.2) is 34.5 Å². The average Bonchev–Trinajstić information content (AvgIpc) is 3.95. The molecule has 0 atom stereocenters. The van der Waals surface area contributed by atoms with Gasteiger partial charge < -0.3 is 43.0 Å². The molecule has 0 spiro atoms. The molecule has 1 fully saturated rings. The highest BCUT2D eigenvalue weighted by Crippen LogP contribution is 2.42. The Balaban J connectivity index is 0.836. The van der Waals surface area contributed by atoms with Gasteiger partial charge in [0.25, 0.3) is 0 Å². The lowest BCUT2D eigenvalue weighted by Crippen LogP contribution is -2.46. The van der Waals surface area contributed by atoms with Crippen LogP contribution in [0.15, 0.2) is 78.9 Å². The van der Waals surface area contributed by atoms with E-state index in [9.17, 15) is 4.79 Å². The molecule has 1 aliphatic heterocycles. The van der Waals surface area contributed by atoms with E-state index in [2.05, 4.69) is 27.0 Å². The number of carbonyl (C=O) groups excluding carboxylic acids is 1. The monoisotopic (exact) mass is 849 g/mol. The van der Waals surface area contributed by atoms with Crippen LogP contribution in [0.3, 0.4) is 0 Å². The van der Waals surface area contributed by atoms with Crippen LogP contribution in [0, 0.1) is 0 Å². The van der Waals surface area contributed by atoms with Gasteiger partial charge in [0.05, 0.1) is 70.4 Å². The minimum Gasteiger partial charge on any atom is -0.493 e. The summed E-state index contributed by atoms with van der Waals surface area (Å²) >= 11 is 1.68. The van der Waals surface area contributed by atoms with Crippen molar-refractivity contribution in [3.05, 3.63) is 78.9 Å². The van der Waals surface area contributed by atoms with Crippen molar-refractivity contribution in [3.8, 4) is 73.3 Å². The van der Waals surface area contributed by atoms with Crippen molar-refractivity contribution >= 4 is 27.5 Å². The van der Waals surface area contributed by atoms with Crippen molar-refractivity contribution in [3.63, 3.8) is 0 Å². The molecule has 0 amide bonds. The number of nitrogens with zero attached hydrogens (tertiary/aromatic N) is 5. The first kappa shape index (κ1) is 43.3. The number of hydrogen-bond donors (Lipinski definition) is 0. The molecule has 0 bridgehead atoms.